The monoisotopic (exact) mass is 378 g/mol. The Morgan fingerprint density at radius 1 is 1.25 bits per heavy atom. The third-order valence-corrected chi connectivity index (χ3v) is 4.91. The van der Waals surface area contributed by atoms with Crippen LogP contribution in [-0.2, 0) is 4.79 Å². The van der Waals surface area contributed by atoms with E-state index in [4.69, 9.17) is 4.98 Å². The number of rotatable bonds is 6. The van der Waals surface area contributed by atoms with Crippen molar-refractivity contribution in [3.8, 4) is 11.3 Å². The van der Waals surface area contributed by atoms with Gasteiger partial charge >= 0.3 is 5.97 Å². The molecule has 7 heteroatoms. The van der Waals surface area contributed by atoms with E-state index in [1.54, 1.807) is 16.9 Å². The molecule has 0 aliphatic heterocycles. The average molecular weight is 378 g/mol. The topological polar surface area (TPSA) is 88.3 Å². The van der Waals surface area contributed by atoms with Crippen molar-refractivity contribution in [1.82, 2.24) is 19.7 Å². The van der Waals surface area contributed by atoms with Gasteiger partial charge in [-0.1, -0.05) is 30.3 Å². The van der Waals surface area contributed by atoms with E-state index in [9.17, 15) is 14.7 Å². The summed E-state index contributed by atoms with van der Waals surface area (Å²) in [6.07, 6.45) is 3.32. The minimum Gasteiger partial charge on any atom is -0.480 e. The standard InChI is InChI=1S/C21H22N4O3/c1-13(2)25-20-17(11-22-25)16(10-18(23-20)14-6-4-3-5-7-14)21(28)24(12-19(26)27)15-8-9-15/h3-7,10-11,13,15H,8-9,12H2,1-2H3,(H,26,27). The van der Waals surface area contributed by atoms with Crippen molar-refractivity contribution in [2.24, 2.45) is 0 Å². The molecule has 0 radical (unpaired) electrons. The first-order valence-electron chi connectivity index (χ1n) is 9.42. The number of carbonyl (C=O) groups is 2. The van der Waals surface area contributed by atoms with Crippen molar-refractivity contribution >= 4 is 22.9 Å². The fraction of sp³-hybridized carbons (Fsp3) is 0.333. The minimum absolute atomic E-state index is 0.00728. The molecule has 2 aromatic heterocycles. The van der Waals surface area contributed by atoms with Crippen molar-refractivity contribution in [1.29, 1.82) is 0 Å². The van der Waals surface area contributed by atoms with Crippen molar-refractivity contribution in [2.75, 3.05) is 6.54 Å². The Balaban J connectivity index is 1.88. The van der Waals surface area contributed by atoms with Gasteiger partial charge in [0.1, 0.15) is 6.54 Å². The Bertz CT molecular complexity index is 1040. The van der Waals surface area contributed by atoms with Gasteiger partial charge in [-0.15, -0.1) is 0 Å². The van der Waals surface area contributed by atoms with Crippen LogP contribution in [0.15, 0.2) is 42.6 Å². The van der Waals surface area contributed by atoms with Gasteiger partial charge in [-0.2, -0.15) is 5.10 Å². The molecule has 7 nitrogen and oxygen atoms in total. The lowest BCUT2D eigenvalue weighted by atomic mass is 10.1. The highest BCUT2D eigenvalue weighted by molar-refractivity contribution is 6.07. The second-order valence-corrected chi connectivity index (χ2v) is 7.40. The van der Waals surface area contributed by atoms with Crippen molar-refractivity contribution < 1.29 is 14.7 Å². The van der Waals surface area contributed by atoms with Gasteiger partial charge in [0.05, 0.1) is 22.8 Å². The lowest BCUT2D eigenvalue weighted by Gasteiger charge is -2.21. The van der Waals surface area contributed by atoms with E-state index in [-0.39, 0.29) is 24.5 Å². The Morgan fingerprint density at radius 2 is 1.96 bits per heavy atom. The molecule has 0 saturated heterocycles. The zero-order chi connectivity index (χ0) is 19.8. The maximum atomic E-state index is 13.3. The average Bonchev–Trinajstić information content (AvgIpc) is 3.43. The number of hydrogen-bond donors (Lipinski definition) is 1. The smallest absolute Gasteiger partial charge is 0.323 e. The van der Waals surface area contributed by atoms with Gasteiger partial charge in [-0.25, -0.2) is 9.67 Å². The van der Waals surface area contributed by atoms with Gasteiger partial charge < -0.3 is 10.0 Å². The molecule has 28 heavy (non-hydrogen) atoms. The summed E-state index contributed by atoms with van der Waals surface area (Å²) in [5.74, 6) is -1.29. The van der Waals surface area contributed by atoms with Crippen LogP contribution in [0, 0.1) is 0 Å². The van der Waals surface area contributed by atoms with E-state index >= 15 is 0 Å². The molecule has 1 amide bonds. The summed E-state index contributed by atoms with van der Waals surface area (Å²) in [7, 11) is 0. The van der Waals surface area contributed by atoms with Gasteiger partial charge in [0, 0.05) is 17.6 Å². The molecule has 3 aromatic rings. The number of carboxylic acids is 1. The lowest BCUT2D eigenvalue weighted by molar-refractivity contribution is -0.137. The number of hydrogen-bond acceptors (Lipinski definition) is 4. The number of carbonyl (C=O) groups excluding carboxylic acids is 1. The maximum absolute atomic E-state index is 13.3. The van der Waals surface area contributed by atoms with Crippen LogP contribution in [0.4, 0.5) is 0 Å². The van der Waals surface area contributed by atoms with Gasteiger partial charge in [0.15, 0.2) is 5.65 Å². The highest BCUT2D eigenvalue weighted by Gasteiger charge is 2.35. The molecule has 1 fully saturated rings. The Morgan fingerprint density at radius 3 is 2.57 bits per heavy atom. The number of aromatic nitrogens is 3. The number of fused-ring (bicyclic) bond motifs is 1. The van der Waals surface area contributed by atoms with Crippen LogP contribution in [0.3, 0.4) is 0 Å². The molecule has 1 saturated carbocycles. The fourth-order valence-corrected chi connectivity index (χ4v) is 3.38. The summed E-state index contributed by atoms with van der Waals surface area (Å²) in [5.41, 5.74) is 2.64. The summed E-state index contributed by atoms with van der Waals surface area (Å²) in [6.45, 7) is 3.71. The number of benzene rings is 1. The molecule has 4 rings (SSSR count). The SMILES string of the molecule is CC(C)n1ncc2c(C(=O)N(CC(=O)O)C3CC3)cc(-c3ccccc3)nc21. The number of amides is 1. The third-order valence-electron chi connectivity index (χ3n) is 4.91. The molecule has 1 aliphatic rings. The zero-order valence-corrected chi connectivity index (χ0v) is 15.9. The maximum Gasteiger partial charge on any atom is 0.323 e. The van der Waals surface area contributed by atoms with Crippen molar-refractivity contribution in [3.05, 3.63) is 48.2 Å². The van der Waals surface area contributed by atoms with E-state index in [0.717, 1.165) is 18.4 Å². The van der Waals surface area contributed by atoms with Gasteiger partial charge in [-0.3, -0.25) is 9.59 Å². The summed E-state index contributed by atoms with van der Waals surface area (Å²) < 4.78 is 1.79. The molecular weight excluding hydrogens is 356 g/mol. The molecular formula is C21H22N4O3. The normalized spacial score (nSPS) is 13.8. The number of pyridine rings is 1. The second-order valence-electron chi connectivity index (χ2n) is 7.40. The highest BCUT2D eigenvalue weighted by atomic mass is 16.4. The van der Waals surface area contributed by atoms with Crippen LogP contribution in [0.25, 0.3) is 22.3 Å². The van der Waals surface area contributed by atoms with Crippen LogP contribution < -0.4 is 0 Å². The predicted octanol–water partition coefficient (Wildman–Crippen LogP) is 3.37. The van der Waals surface area contributed by atoms with Gasteiger partial charge in [0.2, 0.25) is 0 Å². The minimum atomic E-state index is -1.01. The second kappa shape index (κ2) is 7.07. The molecule has 144 valence electrons. The molecule has 2 heterocycles. The molecule has 0 spiro atoms. The van der Waals surface area contributed by atoms with Crippen molar-refractivity contribution in [2.45, 2.75) is 38.8 Å². The molecule has 1 aromatic carbocycles. The van der Waals surface area contributed by atoms with E-state index in [0.29, 0.717) is 22.3 Å². The van der Waals surface area contributed by atoms with Crippen LogP contribution >= 0.6 is 0 Å². The summed E-state index contributed by atoms with van der Waals surface area (Å²) in [4.78, 5) is 30.9. The molecule has 0 bridgehead atoms. The summed E-state index contributed by atoms with van der Waals surface area (Å²) >= 11 is 0. The Labute approximate surface area is 162 Å². The molecule has 0 unspecified atom stereocenters. The largest absolute Gasteiger partial charge is 0.480 e. The first-order valence-corrected chi connectivity index (χ1v) is 9.42. The molecule has 0 atom stereocenters. The number of aliphatic carboxylic acids is 1. The predicted molar refractivity (Wildman–Crippen MR) is 105 cm³/mol. The van der Waals surface area contributed by atoms with E-state index in [1.165, 1.54) is 4.90 Å². The van der Waals surface area contributed by atoms with E-state index in [1.807, 2.05) is 44.2 Å². The van der Waals surface area contributed by atoms with Gasteiger partial charge in [-0.05, 0) is 32.8 Å². The van der Waals surface area contributed by atoms with Crippen LogP contribution in [0.1, 0.15) is 43.1 Å². The van der Waals surface area contributed by atoms with E-state index < -0.39 is 5.97 Å². The Hall–Kier alpha value is -3.22. The van der Waals surface area contributed by atoms with Crippen LogP contribution in [-0.4, -0.2) is 49.2 Å². The quantitative estimate of drug-likeness (QED) is 0.710. The number of carboxylic acid groups (broad SMARTS) is 1. The third kappa shape index (κ3) is 3.35. The summed E-state index contributed by atoms with van der Waals surface area (Å²) in [5, 5.41) is 14.3. The van der Waals surface area contributed by atoms with Crippen molar-refractivity contribution in [3.63, 3.8) is 0 Å². The van der Waals surface area contributed by atoms with E-state index in [2.05, 4.69) is 5.10 Å². The molecule has 1 N–H and O–H groups in total. The molecule has 1 aliphatic carbocycles. The lowest BCUT2D eigenvalue weighted by Crippen LogP contribution is -2.37. The van der Waals surface area contributed by atoms with Crippen LogP contribution in [0.5, 0.6) is 0 Å². The first kappa shape index (κ1) is 18.2. The first-order chi connectivity index (χ1) is 13.5. The highest BCUT2D eigenvalue weighted by Crippen LogP contribution is 2.31. The summed E-state index contributed by atoms with van der Waals surface area (Å²) in [6, 6.07) is 11.5. The number of nitrogens with zero attached hydrogens (tertiary/aromatic N) is 4. The fourth-order valence-electron chi connectivity index (χ4n) is 3.38. The van der Waals surface area contributed by atoms with Gasteiger partial charge in [0.25, 0.3) is 5.91 Å². The van der Waals surface area contributed by atoms with Crippen LogP contribution in [0.2, 0.25) is 0 Å². The zero-order valence-electron chi connectivity index (χ0n) is 15.9. The Kier molecular flexibility index (Phi) is 4.58.